The van der Waals surface area contributed by atoms with Crippen molar-refractivity contribution in [2.75, 3.05) is 13.1 Å². The average Bonchev–Trinajstić information content (AvgIpc) is 3.08. The van der Waals surface area contributed by atoms with Gasteiger partial charge >= 0.3 is 0 Å². The average molecular weight is 238 g/mol. The zero-order valence-corrected chi connectivity index (χ0v) is 10.7. The van der Waals surface area contributed by atoms with Gasteiger partial charge < -0.3 is 10.2 Å². The molecule has 96 valence electrons. The molecule has 1 aliphatic heterocycles. The maximum Gasteiger partial charge on any atom is 0.226 e. The van der Waals surface area contributed by atoms with Crippen molar-refractivity contribution >= 4 is 11.8 Å². The monoisotopic (exact) mass is 238 g/mol. The van der Waals surface area contributed by atoms with Gasteiger partial charge in [0.2, 0.25) is 11.8 Å². The predicted octanol–water partition coefficient (Wildman–Crippen LogP) is 1.16. The minimum Gasteiger partial charge on any atom is -0.354 e. The highest BCUT2D eigenvalue weighted by atomic mass is 16.2. The summed E-state index contributed by atoms with van der Waals surface area (Å²) in [5, 5.41) is 2.88. The molecule has 0 spiro atoms. The van der Waals surface area contributed by atoms with Crippen LogP contribution in [0.4, 0.5) is 0 Å². The van der Waals surface area contributed by atoms with Crippen molar-refractivity contribution in [1.82, 2.24) is 10.2 Å². The topological polar surface area (TPSA) is 49.4 Å². The molecule has 2 atom stereocenters. The zero-order chi connectivity index (χ0) is 12.4. The number of likely N-dealkylation sites (tertiary alicyclic amines) is 1. The highest BCUT2D eigenvalue weighted by Crippen LogP contribution is 2.40. The van der Waals surface area contributed by atoms with Gasteiger partial charge in [-0.3, -0.25) is 9.59 Å². The summed E-state index contributed by atoms with van der Waals surface area (Å²) in [7, 11) is 0. The fourth-order valence-corrected chi connectivity index (χ4v) is 2.50. The Morgan fingerprint density at radius 2 is 1.76 bits per heavy atom. The van der Waals surface area contributed by atoms with Crippen LogP contribution in [-0.2, 0) is 9.59 Å². The molecule has 0 radical (unpaired) electrons. The standard InChI is InChI=1S/C13H22N2O2/c1-9(2)14-12(16)10-8-11(10)13(17)15-6-4-3-5-7-15/h9-11H,3-8H2,1-2H3,(H,14,16). The number of carbonyl (C=O) groups is 2. The second-order valence-electron chi connectivity index (χ2n) is 5.50. The molecule has 17 heavy (non-hydrogen) atoms. The second kappa shape index (κ2) is 5.07. The fraction of sp³-hybridized carbons (Fsp3) is 0.846. The van der Waals surface area contributed by atoms with E-state index in [4.69, 9.17) is 0 Å². The molecule has 2 fully saturated rings. The summed E-state index contributed by atoms with van der Waals surface area (Å²) in [5.41, 5.74) is 0. The number of piperidine rings is 1. The molecule has 1 N–H and O–H groups in total. The van der Waals surface area contributed by atoms with Crippen molar-refractivity contribution in [3.63, 3.8) is 0 Å². The van der Waals surface area contributed by atoms with Crippen LogP contribution in [0.1, 0.15) is 39.5 Å². The Morgan fingerprint density at radius 1 is 1.12 bits per heavy atom. The third-order valence-corrected chi connectivity index (χ3v) is 3.54. The second-order valence-corrected chi connectivity index (χ2v) is 5.50. The van der Waals surface area contributed by atoms with E-state index in [1.165, 1.54) is 6.42 Å². The summed E-state index contributed by atoms with van der Waals surface area (Å²) in [6, 6.07) is 0.161. The van der Waals surface area contributed by atoms with Gasteiger partial charge in [0.05, 0.1) is 11.8 Å². The van der Waals surface area contributed by atoms with E-state index in [0.717, 1.165) is 32.4 Å². The molecule has 2 unspecified atom stereocenters. The van der Waals surface area contributed by atoms with Crippen molar-refractivity contribution in [2.24, 2.45) is 11.8 Å². The van der Waals surface area contributed by atoms with Gasteiger partial charge in [-0.15, -0.1) is 0 Å². The molecule has 0 aromatic carbocycles. The van der Waals surface area contributed by atoms with Gasteiger partial charge in [0.15, 0.2) is 0 Å². The van der Waals surface area contributed by atoms with Gasteiger partial charge in [-0.2, -0.15) is 0 Å². The third-order valence-electron chi connectivity index (χ3n) is 3.54. The van der Waals surface area contributed by atoms with Crippen LogP contribution in [0.2, 0.25) is 0 Å². The molecule has 4 heteroatoms. The van der Waals surface area contributed by atoms with E-state index < -0.39 is 0 Å². The first-order valence-corrected chi connectivity index (χ1v) is 6.68. The Balaban J connectivity index is 1.81. The van der Waals surface area contributed by atoms with Crippen LogP contribution >= 0.6 is 0 Å². The van der Waals surface area contributed by atoms with E-state index in [9.17, 15) is 9.59 Å². The van der Waals surface area contributed by atoms with Crippen LogP contribution in [0.5, 0.6) is 0 Å². The number of amides is 2. The Morgan fingerprint density at radius 3 is 2.35 bits per heavy atom. The predicted molar refractivity (Wildman–Crippen MR) is 65.3 cm³/mol. The first kappa shape index (κ1) is 12.4. The first-order chi connectivity index (χ1) is 8.09. The van der Waals surface area contributed by atoms with Crippen LogP contribution in [0.25, 0.3) is 0 Å². The smallest absolute Gasteiger partial charge is 0.226 e. The lowest BCUT2D eigenvalue weighted by Crippen LogP contribution is -2.38. The van der Waals surface area contributed by atoms with E-state index in [2.05, 4.69) is 5.32 Å². The van der Waals surface area contributed by atoms with Gasteiger partial charge in [-0.05, 0) is 39.5 Å². The summed E-state index contributed by atoms with van der Waals surface area (Å²) in [6.45, 7) is 5.66. The molecule has 1 saturated heterocycles. The largest absolute Gasteiger partial charge is 0.354 e. The molecular formula is C13H22N2O2. The normalized spacial score (nSPS) is 28.1. The summed E-state index contributed by atoms with van der Waals surface area (Å²) in [6.07, 6.45) is 4.20. The zero-order valence-electron chi connectivity index (χ0n) is 10.7. The lowest BCUT2D eigenvalue weighted by atomic mass is 10.1. The summed E-state index contributed by atoms with van der Waals surface area (Å²) >= 11 is 0. The van der Waals surface area contributed by atoms with E-state index in [0.29, 0.717) is 0 Å². The number of nitrogens with one attached hydrogen (secondary N) is 1. The van der Waals surface area contributed by atoms with Gasteiger partial charge in [-0.25, -0.2) is 0 Å². The summed E-state index contributed by atoms with van der Waals surface area (Å²) in [4.78, 5) is 25.8. The van der Waals surface area contributed by atoms with E-state index in [1.54, 1.807) is 0 Å². The molecule has 4 nitrogen and oxygen atoms in total. The van der Waals surface area contributed by atoms with Gasteiger partial charge in [0.1, 0.15) is 0 Å². The van der Waals surface area contributed by atoms with Crippen molar-refractivity contribution in [2.45, 2.75) is 45.6 Å². The maximum atomic E-state index is 12.1. The van der Waals surface area contributed by atoms with Gasteiger partial charge in [-0.1, -0.05) is 0 Å². The SMILES string of the molecule is CC(C)NC(=O)C1CC1C(=O)N1CCCCC1. The molecule has 2 aliphatic rings. The summed E-state index contributed by atoms with van der Waals surface area (Å²) < 4.78 is 0. The molecule has 0 bridgehead atoms. The first-order valence-electron chi connectivity index (χ1n) is 6.68. The maximum absolute atomic E-state index is 12.1. The van der Waals surface area contributed by atoms with Crippen molar-refractivity contribution in [1.29, 1.82) is 0 Å². The molecule has 1 heterocycles. The highest BCUT2D eigenvalue weighted by Gasteiger charge is 2.49. The molecule has 1 saturated carbocycles. The Hall–Kier alpha value is -1.06. The summed E-state index contributed by atoms with van der Waals surface area (Å²) in [5.74, 6) is 0.155. The lowest BCUT2D eigenvalue weighted by Gasteiger charge is -2.26. The molecule has 0 aromatic heterocycles. The number of nitrogens with zero attached hydrogens (tertiary/aromatic N) is 1. The van der Waals surface area contributed by atoms with Crippen molar-refractivity contribution < 1.29 is 9.59 Å². The Labute approximate surface area is 103 Å². The van der Waals surface area contributed by atoms with Crippen LogP contribution in [0, 0.1) is 11.8 Å². The minimum atomic E-state index is -0.0631. The van der Waals surface area contributed by atoms with E-state index in [1.807, 2.05) is 18.7 Å². The number of carbonyl (C=O) groups excluding carboxylic acids is 2. The highest BCUT2D eigenvalue weighted by molar-refractivity contribution is 5.92. The van der Waals surface area contributed by atoms with E-state index >= 15 is 0 Å². The molecule has 2 amide bonds. The lowest BCUT2D eigenvalue weighted by molar-refractivity contribution is -0.135. The van der Waals surface area contributed by atoms with Crippen LogP contribution in [0.15, 0.2) is 0 Å². The minimum absolute atomic E-state index is 0.0353. The quantitative estimate of drug-likeness (QED) is 0.802. The number of rotatable bonds is 3. The van der Waals surface area contributed by atoms with Crippen molar-refractivity contribution in [3.8, 4) is 0 Å². The van der Waals surface area contributed by atoms with Crippen LogP contribution in [-0.4, -0.2) is 35.8 Å². The van der Waals surface area contributed by atoms with Gasteiger partial charge in [0.25, 0.3) is 0 Å². The molecular weight excluding hydrogens is 216 g/mol. The Bertz CT molecular complexity index is 309. The number of hydrogen-bond acceptors (Lipinski definition) is 2. The van der Waals surface area contributed by atoms with Crippen molar-refractivity contribution in [3.05, 3.63) is 0 Å². The molecule has 0 aromatic rings. The molecule has 2 rings (SSSR count). The fourth-order valence-electron chi connectivity index (χ4n) is 2.50. The third kappa shape index (κ3) is 2.99. The Kier molecular flexibility index (Phi) is 3.69. The van der Waals surface area contributed by atoms with E-state index in [-0.39, 0.29) is 29.7 Å². The molecule has 1 aliphatic carbocycles. The van der Waals surface area contributed by atoms with Crippen LogP contribution < -0.4 is 5.32 Å². The number of hydrogen-bond donors (Lipinski definition) is 1. The van der Waals surface area contributed by atoms with Crippen LogP contribution in [0.3, 0.4) is 0 Å². The van der Waals surface area contributed by atoms with Gasteiger partial charge in [0, 0.05) is 19.1 Å².